The van der Waals surface area contributed by atoms with E-state index in [2.05, 4.69) is 130 Å². The maximum atomic E-state index is 9.81. The van der Waals surface area contributed by atoms with Crippen LogP contribution < -0.4 is 0 Å². The second-order valence-corrected chi connectivity index (χ2v) is 12.0. The molecule has 0 spiro atoms. The van der Waals surface area contributed by atoms with Gasteiger partial charge < -0.3 is 9.13 Å². The molecule has 0 saturated carbocycles. The van der Waals surface area contributed by atoms with Crippen molar-refractivity contribution in [2.45, 2.75) is 0 Å². The normalized spacial score (nSPS) is 11.3. The summed E-state index contributed by atoms with van der Waals surface area (Å²) in [5.74, 6) is 0. The van der Waals surface area contributed by atoms with Gasteiger partial charge in [0.25, 0.3) is 0 Å². The Morgan fingerprint density at radius 2 is 0.792 bits per heavy atom. The quantitative estimate of drug-likeness (QED) is 0.199. The predicted octanol–water partition coefficient (Wildman–Crippen LogP) is 11.0. The maximum Gasteiger partial charge on any atom is 0.0998 e. The highest BCUT2D eigenvalue weighted by Crippen LogP contribution is 2.43. The summed E-state index contributed by atoms with van der Waals surface area (Å²) in [6.07, 6.45) is 0. The van der Waals surface area contributed by atoms with Crippen molar-refractivity contribution in [2.75, 3.05) is 0 Å². The molecule has 9 rings (SSSR count). The van der Waals surface area contributed by atoms with Gasteiger partial charge in [-0.05, 0) is 82.9 Å². The number of hydrogen-bond donors (Lipinski definition) is 0. The molecule has 9 aromatic rings. The molecule has 0 bridgehead atoms. The number of aromatic nitrogens is 2. The van der Waals surface area contributed by atoms with E-state index in [1.165, 1.54) is 21.5 Å². The van der Waals surface area contributed by atoms with E-state index >= 15 is 0 Å². The molecule has 0 aliphatic carbocycles. The van der Waals surface area contributed by atoms with Gasteiger partial charge in [-0.25, -0.2) is 0 Å². The molecule has 0 saturated heterocycles. The van der Waals surface area contributed by atoms with Crippen LogP contribution in [0.2, 0.25) is 0 Å². The molecule has 7 aromatic carbocycles. The molecule has 4 nitrogen and oxygen atoms in total. The zero-order valence-electron chi connectivity index (χ0n) is 25.8. The standard InChI is InChI=1S/C44H26N4/c45-27-31-11-1-3-17-35(31)29-13-9-15-33(25-29)47-39-21-7-5-19-37(39)43-41(47)23-24-42-44(43)38-20-6-8-22-40(38)48(42)34-16-10-14-30(26-34)36-18-4-2-12-32(36)28-46/h1-26H. The number of nitrogens with zero attached hydrogens (tertiary/aromatic N) is 4. The number of para-hydroxylation sites is 2. The van der Waals surface area contributed by atoms with Crippen LogP contribution in [0.4, 0.5) is 0 Å². The second-order valence-electron chi connectivity index (χ2n) is 12.0. The molecule has 0 radical (unpaired) electrons. The highest BCUT2D eigenvalue weighted by molar-refractivity contribution is 6.28. The van der Waals surface area contributed by atoms with Crippen LogP contribution in [0.5, 0.6) is 0 Å². The first kappa shape index (κ1) is 27.4. The number of nitriles is 2. The molecule has 4 heteroatoms. The van der Waals surface area contributed by atoms with Crippen molar-refractivity contribution in [3.05, 3.63) is 169 Å². The van der Waals surface area contributed by atoms with Crippen LogP contribution in [0.1, 0.15) is 11.1 Å². The molecular weight excluding hydrogens is 585 g/mol. The first-order valence-electron chi connectivity index (χ1n) is 15.9. The van der Waals surface area contributed by atoms with E-state index in [-0.39, 0.29) is 0 Å². The fraction of sp³-hybridized carbons (Fsp3) is 0. The molecule has 0 fully saturated rings. The van der Waals surface area contributed by atoms with Gasteiger partial charge in [0, 0.05) is 32.9 Å². The Morgan fingerprint density at radius 1 is 0.375 bits per heavy atom. The van der Waals surface area contributed by atoms with Crippen LogP contribution in [0.25, 0.3) is 77.2 Å². The highest BCUT2D eigenvalue weighted by Gasteiger charge is 2.21. The molecule has 0 aliphatic rings. The van der Waals surface area contributed by atoms with Gasteiger partial charge >= 0.3 is 0 Å². The Bertz CT molecular complexity index is 2620. The van der Waals surface area contributed by atoms with Gasteiger partial charge in [-0.2, -0.15) is 10.5 Å². The summed E-state index contributed by atoms with van der Waals surface area (Å²) < 4.78 is 4.68. The van der Waals surface area contributed by atoms with Crippen LogP contribution in [-0.2, 0) is 0 Å². The van der Waals surface area contributed by atoms with Gasteiger partial charge in [0.1, 0.15) is 0 Å². The smallest absolute Gasteiger partial charge is 0.0998 e. The molecule has 0 unspecified atom stereocenters. The van der Waals surface area contributed by atoms with Gasteiger partial charge in [-0.3, -0.25) is 0 Å². The lowest BCUT2D eigenvalue weighted by atomic mass is 10.00. The van der Waals surface area contributed by atoms with Crippen LogP contribution in [0, 0.1) is 22.7 Å². The molecule has 0 amide bonds. The summed E-state index contributed by atoms with van der Waals surface area (Å²) in [6.45, 7) is 0. The summed E-state index contributed by atoms with van der Waals surface area (Å²) in [5.41, 5.74) is 11.7. The van der Waals surface area contributed by atoms with E-state index in [9.17, 15) is 10.5 Å². The summed E-state index contributed by atoms with van der Waals surface area (Å²) in [7, 11) is 0. The molecule has 48 heavy (non-hydrogen) atoms. The van der Waals surface area contributed by atoms with E-state index in [4.69, 9.17) is 0 Å². The molecule has 222 valence electrons. The molecule has 0 atom stereocenters. The van der Waals surface area contributed by atoms with Crippen molar-refractivity contribution >= 4 is 43.6 Å². The summed E-state index contributed by atoms with van der Waals surface area (Å²) in [5, 5.41) is 24.4. The first-order chi connectivity index (χ1) is 23.7. The Hall–Kier alpha value is -6.88. The highest BCUT2D eigenvalue weighted by atomic mass is 15.0. The van der Waals surface area contributed by atoms with E-state index in [1.54, 1.807) is 0 Å². The minimum atomic E-state index is 0.659. The molecule has 2 aromatic heterocycles. The zero-order chi connectivity index (χ0) is 32.2. The van der Waals surface area contributed by atoms with Crippen molar-refractivity contribution in [2.24, 2.45) is 0 Å². The summed E-state index contributed by atoms with van der Waals surface area (Å²) in [6, 6.07) is 58.9. The minimum Gasteiger partial charge on any atom is -0.309 e. The van der Waals surface area contributed by atoms with Gasteiger partial charge in [0.2, 0.25) is 0 Å². The largest absolute Gasteiger partial charge is 0.309 e. The molecule has 0 aliphatic heterocycles. The number of fused-ring (bicyclic) bond motifs is 7. The van der Waals surface area contributed by atoms with E-state index < -0.39 is 0 Å². The average molecular weight is 611 g/mol. The third-order valence-corrected chi connectivity index (χ3v) is 9.40. The fourth-order valence-electron chi connectivity index (χ4n) is 7.36. The second kappa shape index (κ2) is 10.9. The summed E-state index contributed by atoms with van der Waals surface area (Å²) >= 11 is 0. The lowest BCUT2D eigenvalue weighted by molar-refractivity contribution is 1.17. The van der Waals surface area contributed by atoms with Crippen LogP contribution in [0.3, 0.4) is 0 Å². The van der Waals surface area contributed by atoms with E-state index in [0.29, 0.717) is 11.1 Å². The predicted molar refractivity (Wildman–Crippen MR) is 195 cm³/mol. The first-order valence-corrected chi connectivity index (χ1v) is 15.9. The summed E-state index contributed by atoms with van der Waals surface area (Å²) in [4.78, 5) is 0. The molecule has 2 heterocycles. The lowest BCUT2D eigenvalue weighted by Gasteiger charge is -2.12. The van der Waals surface area contributed by atoms with E-state index in [0.717, 1.165) is 55.7 Å². The van der Waals surface area contributed by atoms with Crippen molar-refractivity contribution in [3.8, 4) is 45.8 Å². The monoisotopic (exact) mass is 610 g/mol. The van der Waals surface area contributed by atoms with Gasteiger partial charge in [-0.15, -0.1) is 0 Å². The minimum absolute atomic E-state index is 0.659. The zero-order valence-corrected chi connectivity index (χ0v) is 25.8. The third-order valence-electron chi connectivity index (χ3n) is 9.40. The maximum absolute atomic E-state index is 9.81. The number of hydrogen-bond acceptors (Lipinski definition) is 2. The Labute approximate surface area is 277 Å². The van der Waals surface area contributed by atoms with Crippen molar-refractivity contribution in [1.82, 2.24) is 9.13 Å². The van der Waals surface area contributed by atoms with Crippen LogP contribution >= 0.6 is 0 Å². The Kier molecular flexibility index (Phi) is 6.22. The third kappa shape index (κ3) is 4.07. The van der Waals surface area contributed by atoms with Gasteiger partial charge in [0.15, 0.2) is 0 Å². The van der Waals surface area contributed by atoms with Crippen molar-refractivity contribution in [3.63, 3.8) is 0 Å². The van der Waals surface area contributed by atoms with Crippen molar-refractivity contribution < 1.29 is 0 Å². The van der Waals surface area contributed by atoms with Crippen LogP contribution in [0.15, 0.2) is 158 Å². The lowest BCUT2D eigenvalue weighted by Crippen LogP contribution is -1.96. The number of benzene rings is 7. The van der Waals surface area contributed by atoms with Crippen LogP contribution in [-0.4, -0.2) is 9.13 Å². The average Bonchev–Trinajstić information content (AvgIpc) is 3.68. The SMILES string of the molecule is N#Cc1ccccc1-c1cccc(-n2c3ccccc3c3c4c5ccccc5n(-c5cccc(-c6ccccc6C#N)c5)c4ccc32)c1. The van der Waals surface area contributed by atoms with E-state index in [1.807, 2.05) is 48.5 Å². The fourth-order valence-corrected chi connectivity index (χ4v) is 7.36. The Balaban J connectivity index is 1.33. The Morgan fingerprint density at radius 3 is 1.25 bits per heavy atom. The molecule has 0 N–H and O–H groups in total. The topological polar surface area (TPSA) is 57.4 Å². The molecular formula is C44H26N4. The van der Waals surface area contributed by atoms with Gasteiger partial charge in [-0.1, -0.05) is 97.1 Å². The number of rotatable bonds is 4. The van der Waals surface area contributed by atoms with Gasteiger partial charge in [0.05, 0.1) is 45.3 Å². The van der Waals surface area contributed by atoms with Crippen molar-refractivity contribution in [1.29, 1.82) is 10.5 Å².